The number of likely N-dealkylation sites (N-methyl/N-ethyl adjacent to an activating group) is 1. The van der Waals surface area contributed by atoms with Gasteiger partial charge in [0.15, 0.2) is 5.96 Å². The molecule has 1 saturated heterocycles. The van der Waals surface area contributed by atoms with Crippen LogP contribution < -0.4 is 20.3 Å². The van der Waals surface area contributed by atoms with Crippen LogP contribution in [0.2, 0.25) is 0 Å². The molecule has 174 valence electrons. The summed E-state index contributed by atoms with van der Waals surface area (Å²) in [5, 5.41) is 6.79. The zero-order valence-corrected chi connectivity index (χ0v) is 21.6. The number of carbonyl (C=O) groups is 1. The number of carbonyl (C=O) groups excluding carboxylic acids is 1. The number of aliphatic imine (C=N–C) groups is 1. The molecule has 32 heavy (non-hydrogen) atoms. The molecule has 8 heteroatoms. The third-order valence-corrected chi connectivity index (χ3v) is 5.59. The largest absolute Gasteiger partial charge is 0.497 e. The van der Waals surface area contributed by atoms with Crippen LogP contribution in [0.4, 0.5) is 5.69 Å². The molecule has 0 spiro atoms. The molecule has 2 aromatic rings. The fourth-order valence-corrected chi connectivity index (χ4v) is 3.74. The Balaban J connectivity index is 0.00000363. The van der Waals surface area contributed by atoms with Crippen LogP contribution in [0.25, 0.3) is 0 Å². The Morgan fingerprint density at radius 2 is 1.81 bits per heavy atom. The normalized spacial score (nSPS) is 14.8. The maximum Gasteiger partial charge on any atom is 0.227 e. The average molecular weight is 551 g/mol. The summed E-state index contributed by atoms with van der Waals surface area (Å²) >= 11 is 0. The molecule has 7 nitrogen and oxygen atoms in total. The second kappa shape index (κ2) is 12.6. The molecule has 0 radical (unpaired) electrons. The Kier molecular flexibility index (Phi) is 10.2. The van der Waals surface area contributed by atoms with E-state index in [-0.39, 0.29) is 35.9 Å². The molecule has 1 aliphatic heterocycles. The highest BCUT2D eigenvalue weighted by molar-refractivity contribution is 14.0. The van der Waals surface area contributed by atoms with E-state index >= 15 is 0 Å². The minimum absolute atomic E-state index is 0. The second-order valence-electron chi connectivity index (χ2n) is 7.87. The highest BCUT2D eigenvalue weighted by atomic mass is 127. The van der Waals surface area contributed by atoms with Crippen LogP contribution in [0, 0.1) is 0 Å². The number of amides is 1. The Morgan fingerprint density at radius 3 is 2.34 bits per heavy atom. The third-order valence-electron chi connectivity index (χ3n) is 5.59. The van der Waals surface area contributed by atoms with Gasteiger partial charge in [0.2, 0.25) is 5.91 Å². The van der Waals surface area contributed by atoms with E-state index in [1.165, 1.54) is 5.56 Å². The zero-order valence-electron chi connectivity index (χ0n) is 19.3. The number of benzene rings is 2. The van der Waals surface area contributed by atoms with Crippen molar-refractivity contribution in [2.24, 2.45) is 4.99 Å². The van der Waals surface area contributed by atoms with E-state index in [0.717, 1.165) is 42.5 Å². The molecule has 2 N–H and O–H groups in total. The summed E-state index contributed by atoms with van der Waals surface area (Å²) in [5.74, 6) is 1.81. The van der Waals surface area contributed by atoms with Crippen LogP contribution in [0.3, 0.4) is 0 Å². The topological polar surface area (TPSA) is 69.2 Å². The molecular weight excluding hydrogens is 517 g/mol. The first-order valence-corrected chi connectivity index (χ1v) is 10.7. The lowest BCUT2D eigenvalue weighted by molar-refractivity contribution is -0.117. The van der Waals surface area contributed by atoms with Gasteiger partial charge in [0.05, 0.1) is 13.2 Å². The molecule has 1 atom stereocenters. The number of hydrogen-bond donors (Lipinski definition) is 2. The molecule has 1 unspecified atom stereocenters. The number of halogens is 1. The van der Waals surface area contributed by atoms with E-state index in [9.17, 15) is 4.79 Å². The van der Waals surface area contributed by atoms with Crippen molar-refractivity contribution in [3.8, 4) is 5.75 Å². The van der Waals surface area contributed by atoms with Gasteiger partial charge in [0, 0.05) is 38.8 Å². The van der Waals surface area contributed by atoms with Crippen molar-refractivity contribution >= 4 is 41.5 Å². The number of nitrogens with one attached hydrogen (secondary N) is 2. The lowest BCUT2D eigenvalue weighted by Gasteiger charge is -2.26. The standard InChI is InChI=1S/C24H33N5O2.HI/c1-25-24(27-17-22(28(2)3)19-9-13-21(31-4)14-10-19)26-16-18-7-11-20(12-8-18)29-15-5-6-23(29)30;/h7-14,22H,5-6,15-17H2,1-4H3,(H2,25,26,27);1H. The van der Waals surface area contributed by atoms with Crippen LogP contribution in [-0.4, -0.2) is 58.1 Å². The zero-order chi connectivity index (χ0) is 22.2. The molecule has 1 fully saturated rings. The van der Waals surface area contributed by atoms with E-state index < -0.39 is 0 Å². The molecule has 0 bridgehead atoms. The number of methoxy groups -OCH3 is 1. The minimum atomic E-state index is 0. The van der Waals surface area contributed by atoms with Gasteiger partial charge in [0.1, 0.15) is 5.75 Å². The maximum atomic E-state index is 11.9. The summed E-state index contributed by atoms with van der Waals surface area (Å²) in [6, 6.07) is 16.5. The molecule has 2 aromatic carbocycles. The molecule has 1 aliphatic rings. The monoisotopic (exact) mass is 551 g/mol. The summed E-state index contributed by atoms with van der Waals surface area (Å²) in [4.78, 5) is 20.3. The van der Waals surface area contributed by atoms with Crippen LogP contribution in [0.1, 0.15) is 30.0 Å². The van der Waals surface area contributed by atoms with Crippen molar-refractivity contribution < 1.29 is 9.53 Å². The average Bonchev–Trinajstić information content (AvgIpc) is 3.22. The van der Waals surface area contributed by atoms with Crippen LogP contribution in [-0.2, 0) is 11.3 Å². The van der Waals surface area contributed by atoms with Crippen LogP contribution >= 0.6 is 24.0 Å². The molecule has 0 saturated carbocycles. The van der Waals surface area contributed by atoms with E-state index in [1.54, 1.807) is 14.2 Å². The maximum absolute atomic E-state index is 11.9. The summed E-state index contributed by atoms with van der Waals surface area (Å²) in [6.45, 7) is 2.19. The summed E-state index contributed by atoms with van der Waals surface area (Å²) in [6.07, 6.45) is 1.59. The van der Waals surface area contributed by atoms with Gasteiger partial charge in [0.25, 0.3) is 0 Å². The fourth-order valence-electron chi connectivity index (χ4n) is 3.74. The van der Waals surface area contributed by atoms with Crippen molar-refractivity contribution in [2.45, 2.75) is 25.4 Å². The van der Waals surface area contributed by atoms with Gasteiger partial charge < -0.3 is 25.2 Å². The summed E-state index contributed by atoms with van der Waals surface area (Å²) < 4.78 is 5.26. The van der Waals surface area contributed by atoms with Gasteiger partial charge in [-0.25, -0.2) is 0 Å². The Hall–Kier alpha value is -2.33. The third kappa shape index (κ3) is 6.83. The number of rotatable bonds is 8. The molecule has 0 aliphatic carbocycles. The van der Waals surface area contributed by atoms with E-state index in [2.05, 4.69) is 58.9 Å². The van der Waals surface area contributed by atoms with Crippen molar-refractivity contribution in [1.82, 2.24) is 15.5 Å². The lowest BCUT2D eigenvalue weighted by Crippen LogP contribution is -2.41. The molecule has 0 aromatic heterocycles. The van der Waals surface area contributed by atoms with Gasteiger partial charge >= 0.3 is 0 Å². The molecule has 3 rings (SSSR count). The SMILES string of the molecule is CN=C(NCc1ccc(N2CCCC2=O)cc1)NCC(c1ccc(OC)cc1)N(C)C.I. The lowest BCUT2D eigenvalue weighted by atomic mass is 10.1. The molecular formula is C24H34IN5O2. The summed E-state index contributed by atoms with van der Waals surface area (Å²) in [5.41, 5.74) is 3.32. The first kappa shape index (κ1) is 25.9. The Morgan fingerprint density at radius 1 is 1.12 bits per heavy atom. The van der Waals surface area contributed by atoms with E-state index in [4.69, 9.17) is 4.74 Å². The van der Waals surface area contributed by atoms with Gasteiger partial charge in [-0.15, -0.1) is 24.0 Å². The minimum Gasteiger partial charge on any atom is -0.497 e. The van der Waals surface area contributed by atoms with E-state index in [1.807, 2.05) is 29.2 Å². The predicted octanol–water partition coefficient (Wildman–Crippen LogP) is 3.41. The first-order valence-electron chi connectivity index (χ1n) is 10.7. The quantitative estimate of drug-likeness (QED) is 0.299. The fraction of sp³-hybridized carbons (Fsp3) is 0.417. The molecule has 1 heterocycles. The second-order valence-corrected chi connectivity index (χ2v) is 7.87. The number of nitrogens with zero attached hydrogens (tertiary/aromatic N) is 3. The van der Waals surface area contributed by atoms with Crippen molar-refractivity contribution in [2.75, 3.05) is 46.2 Å². The van der Waals surface area contributed by atoms with Crippen molar-refractivity contribution in [3.63, 3.8) is 0 Å². The smallest absolute Gasteiger partial charge is 0.227 e. The van der Waals surface area contributed by atoms with E-state index in [0.29, 0.717) is 13.0 Å². The highest BCUT2D eigenvalue weighted by Gasteiger charge is 2.21. The number of anilines is 1. The number of guanidine groups is 1. The van der Waals surface area contributed by atoms with Gasteiger partial charge in [-0.3, -0.25) is 9.79 Å². The van der Waals surface area contributed by atoms with Crippen molar-refractivity contribution in [1.29, 1.82) is 0 Å². The van der Waals surface area contributed by atoms with Gasteiger partial charge in [-0.2, -0.15) is 0 Å². The molecule has 1 amide bonds. The Labute approximate surface area is 208 Å². The summed E-state index contributed by atoms with van der Waals surface area (Å²) in [7, 11) is 7.59. The van der Waals surface area contributed by atoms with Gasteiger partial charge in [-0.1, -0.05) is 24.3 Å². The number of ether oxygens (including phenoxy) is 1. The Bertz CT molecular complexity index is 884. The first-order chi connectivity index (χ1) is 15.0. The number of hydrogen-bond acceptors (Lipinski definition) is 4. The van der Waals surface area contributed by atoms with Crippen LogP contribution in [0.5, 0.6) is 5.75 Å². The highest BCUT2D eigenvalue weighted by Crippen LogP contribution is 2.22. The predicted molar refractivity (Wildman–Crippen MR) is 141 cm³/mol. The van der Waals surface area contributed by atoms with Gasteiger partial charge in [-0.05, 0) is 55.9 Å². The van der Waals surface area contributed by atoms with Crippen molar-refractivity contribution in [3.05, 3.63) is 59.7 Å². The van der Waals surface area contributed by atoms with Crippen LogP contribution in [0.15, 0.2) is 53.5 Å².